The van der Waals surface area contributed by atoms with Gasteiger partial charge in [0.25, 0.3) is 0 Å². The Hall–Kier alpha value is -3.82. The van der Waals surface area contributed by atoms with Crippen LogP contribution in [0.4, 0.5) is 4.39 Å². The minimum Gasteiger partial charge on any atom is -0.494 e. The van der Waals surface area contributed by atoms with Crippen molar-refractivity contribution in [1.29, 1.82) is 0 Å². The highest BCUT2D eigenvalue weighted by atomic mass is 32.1. The van der Waals surface area contributed by atoms with E-state index in [1.54, 1.807) is 35.7 Å². The molecule has 0 aliphatic carbocycles. The third-order valence-corrected chi connectivity index (χ3v) is 6.87. The SMILES string of the molecule is COc1cc(C(=O)CCC(=O)c2cc(C)c(OC)c(-c3csc4c(F)cccc34)n2)ccc1OCCO. The van der Waals surface area contributed by atoms with Crippen LogP contribution in [-0.4, -0.2) is 49.1 Å². The number of methoxy groups -OCH3 is 2. The molecule has 2 aromatic heterocycles. The van der Waals surface area contributed by atoms with E-state index in [-0.39, 0.29) is 49.1 Å². The second-order valence-electron chi connectivity index (χ2n) is 8.26. The zero-order chi connectivity index (χ0) is 26.5. The van der Waals surface area contributed by atoms with Crippen LogP contribution < -0.4 is 14.2 Å². The Morgan fingerprint density at radius 3 is 2.54 bits per heavy atom. The number of hydrogen-bond donors (Lipinski definition) is 1. The molecule has 1 N–H and O–H groups in total. The predicted octanol–water partition coefficient (Wildman–Crippen LogP) is 5.64. The number of fused-ring (bicyclic) bond motifs is 1. The van der Waals surface area contributed by atoms with Crippen molar-refractivity contribution in [3.8, 4) is 28.5 Å². The van der Waals surface area contributed by atoms with Gasteiger partial charge in [0.15, 0.2) is 23.1 Å². The molecule has 2 aromatic carbocycles. The number of benzene rings is 2. The van der Waals surface area contributed by atoms with Crippen LogP contribution in [0.25, 0.3) is 21.3 Å². The number of Topliss-reactive ketones (excluding diaryl/α,β-unsaturated/α-hetero) is 2. The summed E-state index contributed by atoms with van der Waals surface area (Å²) < 4.78 is 31.0. The summed E-state index contributed by atoms with van der Waals surface area (Å²) in [6, 6.07) is 11.2. The summed E-state index contributed by atoms with van der Waals surface area (Å²) in [5.41, 5.74) is 2.44. The van der Waals surface area contributed by atoms with Crippen molar-refractivity contribution in [2.24, 2.45) is 0 Å². The Balaban J connectivity index is 1.56. The van der Waals surface area contributed by atoms with Gasteiger partial charge in [-0.2, -0.15) is 0 Å². The van der Waals surface area contributed by atoms with Crippen molar-refractivity contribution in [2.45, 2.75) is 19.8 Å². The van der Waals surface area contributed by atoms with E-state index < -0.39 is 0 Å². The van der Waals surface area contributed by atoms with Crippen LogP contribution in [0.2, 0.25) is 0 Å². The number of carbonyl (C=O) groups is 2. The summed E-state index contributed by atoms with van der Waals surface area (Å²) in [5.74, 6) is 0.440. The number of hydrogen-bond acceptors (Lipinski definition) is 8. The molecule has 4 aromatic rings. The zero-order valence-electron chi connectivity index (χ0n) is 20.7. The van der Waals surface area contributed by atoms with Gasteiger partial charge in [0, 0.05) is 34.7 Å². The summed E-state index contributed by atoms with van der Waals surface area (Å²) in [6.07, 6.45) is -0.0609. The molecule has 0 amide bonds. The second kappa shape index (κ2) is 11.5. The first-order valence-corrected chi connectivity index (χ1v) is 12.5. The van der Waals surface area contributed by atoms with Crippen LogP contribution in [0, 0.1) is 12.7 Å². The van der Waals surface area contributed by atoms with E-state index in [0.29, 0.717) is 49.7 Å². The molecule has 0 fully saturated rings. The van der Waals surface area contributed by atoms with Crippen molar-refractivity contribution in [2.75, 3.05) is 27.4 Å². The number of aliphatic hydroxyl groups excluding tert-OH is 1. The smallest absolute Gasteiger partial charge is 0.181 e. The second-order valence-corrected chi connectivity index (χ2v) is 9.14. The van der Waals surface area contributed by atoms with Crippen LogP contribution >= 0.6 is 11.3 Å². The van der Waals surface area contributed by atoms with Crippen molar-refractivity contribution in [3.63, 3.8) is 0 Å². The van der Waals surface area contributed by atoms with Gasteiger partial charge in [-0.25, -0.2) is 9.37 Å². The molecule has 0 unspecified atom stereocenters. The molecule has 2 heterocycles. The number of carbonyl (C=O) groups excluding carboxylic acids is 2. The topological polar surface area (TPSA) is 95.0 Å². The molecular formula is C28H26FNO6S. The van der Waals surface area contributed by atoms with E-state index >= 15 is 0 Å². The van der Waals surface area contributed by atoms with E-state index in [2.05, 4.69) is 4.98 Å². The summed E-state index contributed by atoms with van der Waals surface area (Å²) in [7, 11) is 2.98. The van der Waals surface area contributed by atoms with Gasteiger partial charge in [-0.3, -0.25) is 9.59 Å². The average Bonchev–Trinajstić information content (AvgIpc) is 3.35. The monoisotopic (exact) mass is 523 g/mol. The van der Waals surface area contributed by atoms with Crippen LogP contribution in [0.1, 0.15) is 39.3 Å². The van der Waals surface area contributed by atoms with Crippen molar-refractivity contribution >= 4 is 33.0 Å². The molecular weight excluding hydrogens is 497 g/mol. The van der Waals surface area contributed by atoms with Crippen LogP contribution in [0.3, 0.4) is 0 Å². The first kappa shape index (κ1) is 26.2. The maximum atomic E-state index is 14.3. The Bertz CT molecular complexity index is 1460. The third-order valence-electron chi connectivity index (χ3n) is 5.87. The maximum Gasteiger partial charge on any atom is 0.181 e. The van der Waals surface area contributed by atoms with Gasteiger partial charge in [-0.05, 0) is 42.8 Å². The number of rotatable bonds is 11. The van der Waals surface area contributed by atoms with E-state index in [0.717, 1.165) is 0 Å². The number of nitrogens with zero attached hydrogens (tertiary/aromatic N) is 1. The average molecular weight is 524 g/mol. The first-order chi connectivity index (χ1) is 17.9. The van der Waals surface area contributed by atoms with E-state index in [4.69, 9.17) is 19.3 Å². The van der Waals surface area contributed by atoms with E-state index in [1.165, 1.54) is 31.6 Å². The fourth-order valence-corrected chi connectivity index (χ4v) is 5.02. The molecule has 0 aliphatic heterocycles. The molecule has 0 radical (unpaired) electrons. The summed E-state index contributed by atoms with van der Waals surface area (Å²) in [5, 5.41) is 11.4. The molecule has 0 saturated heterocycles. The summed E-state index contributed by atoms with van der Waals surface area (Å²) in [4.78, 5) is 30.5. The molecule has 0 saturated carbocycles. The number of thiophene rings is 1. The lowest BCUT2D eigenvalue weighted by molar-refractivity contribution is 0.0914. The quantitative estimate of drug-likeness (QED) is 0.254. The van der Waals surface area contributed by atoms with Gasteiger partial charge in [-0.15, -0.1) is 11.3 Å². The normalized spacial score (nSPS) is 10.9. The van der Waals surface area contributed by atoms with Crippen molar-refractivity contribution in [1.82, 2.24) is 4.98 Å². The number of aryl methyl sites for hydroxylation is 1. The van der Waals surface area contributed by atoms with Gasteiger partial charge in [0.1, 0.15) is 29.6 Å². The third kappa shape index (κ3) is 5.47. The predicted molar refractivity (Wildman–Crippen MR) is 140 cm³/mol. The highest BCUT2D eigenvalue weighted by Crippen LogP contribution is 2.40. The fraction of sp³-hybridized carbons (Fsp3) is 0.250. The fourth-order valence-electron chi connectivity index (χ4n) is 4.06. The van der Waals surface area contributed by atoms with Gasteiger partial charge < -0.3 is 19.3 Å². The van der Waals surface area contributed by atoms with Gasteiger partial charge in [0.2, 0.25) is 0 Å². The number of aromatic nitrogens is 1. The zero-order valence-corrected chi connectivity index (χ0v) is 21.5. The molecule has 0 atom stereocenters. The number of ketones is 2. The van der Waals surface area contributed by atoms with Gasteiger partial charge in [-0.1, -0.05) is 12.1 Å². The number of halogens is 1. The van der Waals surface area contributed by atoms with Crippen LogP contribution in [-0.2, 0) is 0 Å². The Morgan fingerprint density at radius 1 is 1.03 bits per heavy atom. The van der Waals surface area contributed by atoms with Crippen molar-refractivity contribution < 1.29 is 33.3 Å². The largest absolute Gasteiger partial charge is 0.494 e. The van der Waals surface area contributed by atoms with Crippen molar-refractivity contribution in [3.05, 3.63) is 70.5 Å². The molecule has 4 rings (SSSR count). The molecule has 192 valence electrons. The van der Waals surface area contributed by atoms with Gasteiger partial charge >= 0.3 is 0 Å². The van der Waals surface area contributed by atoms with E-state index in [1.807, 2.05) is 13.0 Å². The molecule has 0 aliphatic rings. The maximum absolute atomic E-state index is 14.3. The first-order valence-electron chi connectivity index (χ1n) is 11.6. The Kier molecular flexibility index (Phi) is 8.15. The highest BCUT2D eigenvalue weighted by Gasteiger charge is 2.21. The molecule has 0 spiro atoms. The molecule has 37 heavy (non-hydrogen) atoms. The molecule has 9 heteroatoms. The van der Waals surface area contributed by atoms with Crippen LogP contribution in [0.15, 0.2) is 47.8 Å². The number of pyridine rings is 1. The minimum absolute atomic E-state index is 0.0203. The summed E-state index contributed by atoms with van der Waals surface area (Å²) >= 11 is 1.26. The highest BCUT2D eigenvalue weighted by molar-refractivity contribution is 7.17. The Labute approximate surface area is 217 Å². The number of ether oxygens (including phenoxy) is 3. The molecule has 0 bridgehead atoms. The number of aliphatic hydroxyl groups is 1. The molecule has 7 nitrogen and oxygen atoms in total. The Morgan fingerprint density at radius 2 is 1.81 bits per heavy atom. The lowest BCUT2D eigenvalue weighted by Crippen LogP contribution is -2.09. The standard InChI is InChI=1S/C28H26FNO6S/c1-16-13-21(30-26(27(16)35-3)19-15-37-28-18(19)5-4-6-20(28)29)23(33)9-8-22(32)17-7-10-24(36-12-11-31)25(14-17)34-2/h4-7,10,13-15,31H,8-9,11-12H2,1-3H3. The lowest BCUT2D eigenvalue weighted by Gasteiger charge is -2.13. The van der Waals surface area contributed by atoms with Crippen LogP contribution in [0.5, 0.6) is 17.2 Å². The van der Waals surface area contributed by atoms with Gasteiger partial charge in [0.05, 0.1) is 25.5 Å². The summed E-state index contributed by atoms with van der Waals surface area (Å²) in [6.45, 7) is 1.77. The minimum atomic E-state index is -0.320. The van der Waals surface area contributed by atoms with E-state index in [9.17, 15) is 14.0 Å². The lowest BCUT2D eigenvalue weighted by atomic mass is 10.0.